The molecule has 1 heterocycles. The van der Waals surface area contributed by atoms with Crippen LogP contribution in [0.15, 0.2) is 18.2 Å². The summed E-state index contributed by atoms with van der Waals surface area (Å²) in [6.45, 7) is 3.22. The summed E-state index contributed by atoms with van der Waals surface area (Å²) in [5, 5.41) is 8.65. The summed E-state index contributed by atoms with van der Waals surface area (Å²) >= 11 is 0. The van der Waals surface area contributed by atoms with E-state index in [1.165, 1.54) is 4.90 Å². The zero-order valence-corrected chi connectivity index (χ0v) is 9.77. The molecule has 0 bridgehead atoms. The number of nitrogens with zero attached hydrogens (tertiary/aromatic N) is 2. The first-order valence-corrected chi connectivity index (χ1v) is 5.68. The number of hydrogen-bond acceptors (Lipinski definition) is 3. The number of fused-ring (bicyclic) bond motifs is 1. The Labute approximate surface area is 100 Å². The summed E-state index contributed by atoms with van der Waals surface area (Å²) in [6.07, 6.45) is 0.848. The lowest BCUT2D eigenvalue weighted by Crippen LogP contribution is -2.31. The molecule has 88 valence electrons. The largest absolute Gasteiger partial charge is 0.493 e. The molecule has 0 saturated heterocycles. The van der Waals surface area contributed by atoms with Gasteiger partial charge >= 0.3 is 0 Å². The van der Waals surface area contributed by atoms with Crippen LogP contribution >= 0.6 is 0 Å². The van der Waals surface area contributed by atoms with Crippen molar-refractivity contribution in [1.82, 2.24) is 4.90 Å². The fourth-order valence-electron chi connectivity index (χ4n) is 1.91. The highest BCUT2D eigenvalue weighted by molar-refractivity contribution is 5.94. The van der Waals surface area contributed by atoms with E-state index in [9.17, 15) is 4.79 Å². The fourth-order valence-corrected chi connectivity index (χ4v) is 1.91. The molecule has 0 N–H and O–H groups in total. The van der Waals surface area contributed by atoms with Gasteiger partial charge in [-0.2, -0.15) is 5.26 Å². The summed E-state index contributed by atoms with van der Waals surface area (Å²) < 4.78 is 5.39. The average Bonchev–Trinajstić information content (AvgIpc) is 2.82. The Morgan fingerprint density at radius 1 is 1.59 bits per heavy atom. The van der Waals surface area contributed by atoms with Gasteiger partial charge in [-0.1, -0.05) is 0 Å². The number of benzene rings is 1. The van der Waals surface area contributed by atoms with E-state index in [2.05, 4.69) is 0 Å². The molecule has 4 nitrogen and oxygen atoms in total. The Bertz CT molecular complexity index is 477. The molecular weight excluding hydrogens is 216 g/mol. The van der Waals surface area contributed by atoms with Crippen molar-refractivity contribution >= 4 is 5.91 Å². The van der Waals surface area contributed by atoms with Gasteiger partial charge in [0.1, 0.15) is 12.3 Å². The minimum Gasteiger partial charge on any atom is -0.493 e. The Morgan fingerprint density at radius 2 is 2.41 bits per heavy atom. The molecule has 17 heavy (non-hydrogen) atoms. The van der Waals surface area contributed by atoms with Crippen molar-refractivity contribution in [1.29, 1.82) is 5.26 Å². The maximum Gasteiger partial charge on any atom is 0.254 e. The van der Waals surface area contributed by atoms with Gasteiger partial charge in [-0.15, -0.1) is 0 Å². The van der Waals surface area contributed by atoms with E-state index in [1.54, 1.807) is 6.07 Å². The maximum atomic E-state index is 12.1. The van der Waals surface area contributed by atoms with E-state index in [4.69, 9.17) is 10.00 Å². The van der Waals surface area contributed by atoms with Crippen molar-refractivity contribution < 1.29 is 9.53 Å². The predicted octanol–water partition coefficient (Wildman–Crippen LogP) is 1.61. The van der Waals surface area contributed by atoms with Crippen LogP contribution in [0.25, 0.3) is 0 Å². The van der Waals surface area contributed by atoms with Gasteiger partial charge in [-0.25, -0.2) is 0 Å². The van der Waals surface area contributed by atoms with Gasteiger partial charge in [-0.05, 0) is 30.7 Å². The predicted molar refractivity (Wildman–Crippen MR) is 62.8 cm³/mol. The molecule has 0 saturated carbocycles. The summed E-state index contributed by atoms with van der Waals surface area (Å²) in [6, 6.07) is 7.45. The molecule has 1 aromatic carbocycles. The molecule has 0 aliphatic carbocycles. The lowest BCUT2D eigenvalue weighted by atomic mass is 10.1. The van der Waals surface area contributed by atoms with Crippen molar-refractivity contribution in [2.75, 3.05) is 19.7 Å². The fraction of sp³-hybridized carbons (Fsp3) is 0.385. The second-order valence-electron chi connectivity index (χ2n) is 3.90. The number of nitriles is 1. The summed E-state index contributed by atoms with van der Waals surface area (Å²) in [5.74, 6) is 0.772. The third kappa shape index (κ3) is 2.23. The smallest absolute Gasteiger partial charge is 0.254 e. The number of carbonyl (C=O) groups excluding carboxylic acids is 1. The molecule has 0 radical (unpaired) electrons. The molecule has 1 aliphatic rings. The number of carbonyl (C=O) groups is 1. The first-order valence-electron chi connectivity index (χ1n) is 5.68. The maximum absolute atomic E-state index is 12.1. The molecular formula is C13H14N2O2. The molecule has 4 heteroatoms. The van der Waals surface area contributed by atoms with Crippen LogP contribution in [-0.2, 0) is 6.42 Å². The second-order valence-corrected chi connectivity index (χ2v) is 3.90. The van der Waals surface area contributed by atoms with E-state index in [0.717, 1.165) is 17.7 Å². The molecule has 1 aliphatic heterocycles. The third-order valence-corrected chi connectivity index (χ3v) is 2.87. The van der Waals surface area contributed by atoms with Crippen LogP contribution in [0.2, 0.25) is 0 Å². The van der Waals surface area contributed by atoms with E-state index < -0.39 is 0 Å². The highest BCUT2D eigenvalue weighted by Crippen LogP contribution is 2.26. The van der Waals surface area contributed by atoms with Crippen LogP contribution in [0.4, 0.5) is 0 Å². The highest BCUT2D eigenvalue weighted by atomic mass is 16.5. The number of hydrogen-bond donors (Lipinski definition) is 0. The van der Waals surface area contributed by atoms with Crippen LogP contribution in [0.5, 0.6) is 5.75 Å². The standard InChI is InChI=1S/C13H14N2O2/c1-2-15(7-6-14)13(16)11-3-4-12-10(9-11)5-8-17-12/h3-4,9H,2,5,7-8H2,1H3. The van der Waals surface area contributed by atoms with Crippen LogP contribution in [0.1, 0.15) is 22.8 Å². The van der Waals surface area contributed by atoms with E-state index in [1.807, 2.05) is 25.1 Å². The van der Waals surface area contributed by atoms with Crippen LogP contribution in [0.3, 0.4) is 0 Å². The van der Waals surface area contributed by atoms with Crippen molar-refractivity contribution in [2.24, 2.45) is 0 Å². The SMILES string of the molecule is CCN(CC#N)C(=O)c1ccc2c(c1)CCO2. The molecule has 0 atom stereocenters. The molecule has 1 aromatic rings. The Kier molecular flexibility index (Phi) is 3.29. The summed E-state index contributed by atoms with van der Waals surface area (Å²) in [7, 11) is 0. The molecule has 0 fully saturated rings. The van der Waals surface area contributed by atoms with E-state index in [0.29, 0.717) is 18.7 Å². The van der Waals surface area contributed by atoms with Gasteiger partial charge in [0.2, 0.25) is 0 Å². The molecule has 1 amide bonds. The van der Waals surface area contributed by atoms with Gasteiger partial charge in [-0.3, -0.25) is 4.79 Å². The van der Waals surface area contributed by atoms with E-state index in [-0.39, 0.29) is 12.5 Å². The number of amides is 1. The lowest BCUT2D eigenvalue weighted by molar-refractivity contribution is 0.0784. The highest BCUT2D eigenvalue weighted by Gasteiger charge is 2.18. The van der Waals surface area contributed by atoms with Crippen molar-refractivity contribution in [3.8, 4) is 11.8 Å². The first-order chi connectivity index (χ1) is 8.26. The monoisotopic (exact) mass is 230 g/mol. The van der Waals surface area contributed by atoms with Crippen LogP contribution < -0.4 is 4.74 Å². The normalized spacial score (nSPS) is 12.5. The molecule has 0 spiro atoms. The van der Waals surface area contributed by atoms with Crippen LogP contribution in [0, 0.1) is 11.3 Å². The van der Waals surface area contributed by atoms with E-state index >= 15 is 0 Å². The summed E-state index contributed by atoms with van der Waals surface area (Å²) in [4.78, 5) is 13.6. The van der Waals surface area contributed by atoms with Crippen molar-refractivity contribution in [2.45, 2.75) is 13.3 Å². The van der Waals surface area contributed by atoms with Gasteiger partial charge in [0.05, 0.1) is 12.7 Å². The number of rotatable bonds is 3. The minimum atomic E-state index is -0.0937. The first kappa shape index (κ1) is 11.5. The second kappa shape index (κ2) is 4.88. The van der Waals surface area contributed by atoms with Gasteiger partial charge in [0.15, 0.2) is 0 Å². The van der Waals surface area contributed by atoms with Crippen LogP contribution in [-0.4, -0.2) is 30.5 Å². The molecule has 0 aromatic heterocycles. The lowest BCUT2D eigenvalue weighted by Gasteiger charge is -2.17. The summed E-state index contributed by atoms with van der Waals surface area (Å²) in [5.41, 5.74) is 1.70. The van der Waals surface area contributed by atoms with Gasteiger partial charge in [0, 0.05) is 18.5 Å². The zero-order valence-electron chi connectivity index (χ0n) is 9.77. The molecule has 0 unspecified atom stereocenters. The van der Waals surface area contributed by atoms with Crippen molar-refractivity contribution in [3.05, 3.63) is 29.3 Å². The minimum absolute atomic E-state index is 0.0937. The Morgan fingerprint density at radius 3 is 3.12 bits per heavy atom. The zero-order chi connectivity index (χ0) is 12.3. The quantitative estimate of drug-likeness (QED) is 0.741. The van der Waals surface area contributed by atoms with Gasteiger partial charge < -0.3 is 9.64 Å². The van der Waals surface area contributed by atoms with Gasteiger partial charge in [0.25, 0.3) is 5.91 Å². The number of ether oxygens (including phenoxy) is 1. The topological polar surface area (TPSA) is 53.3 Å². The van der Waals surface area contributed by atoms with Crippen molar-refractivity contribution in [3.63, 3.8) is 0 Å². The average molecular weight is 230 g/mol. The third-order valence-electron chi connectivity index (χ3n) is 2.87. The molecule has 2 rings (SSSR count). The Balaban J connectivity index is 2.22. The Hall–Kier alpha value is -2.02.